The molecule has 0 fully saturated rings. The van der Waals surface area contributed by atoms with Crippen LogP contribution in [0.25, 0.3) is 0 Å². The maximum Gasteiger partial charge on any atom is 0.209 e. The van der Waals surface area contributed by atoms with Crippen molar-refractivity contribution in [2.75, 3.05) is 6.54 Å². The van der Waals surface area contributed by atoms with Crippen LogP contribution >= 0.6 is 0 Å². The molecule has 0 bridgehead atoms. The van der Waals surface area contributed by atoms with Gasteiger partial charge in [-0.25, -0.2) is 0 Å². The van der Waals surface area contributed by atoms with E-state index in [1.54, 1.807) is 0 Å². The normalized spacial score (nSPS) is 15.1. The maximum atomic E-state index is 10.7. The Morgan fingerprint density at radius 3 is 2.23 bits per heavy atom. The van der Waals surface area contributed by atoms with Gasteiger partial charge in [-0.05, 0) is 25.7 Å². The zero-order chi connectivity index (χ0) is 10.3. The van der Waals surface area contributed by atoms with Crippen molar-refractivity contribution in [2.45, 2.75) is 53.0 Å². The van der Waals surface area contributed by atoms with Crippen molar-refractivity contribution in [3.63, 3.8) is 0 Å². The lowest BCUT2D eigenvalue weighted by atomic mass is 10.0. The molecule has 0 heterocycles. The highest BCUT2D eigenvalue weighted by Crippen LogP contribution is 2.09. The fourth-order valence-electron chi connectivity index (χ4n) is 1.19. The van der Waals surface area contributed by atoms with Gasteiger partial charge in [0.05, 0.1) is 0 Å². The van der Waals surface area contributed by atoms with Gasteiger partial charge in [0.1, 0.15) is 0 Å². The molecule has 2 heteroatoms. The molecule has 0 aromatic carbocycles. The highest BCUT2D eigenvalue weighted by atomic mass is 16.1. The van der Waals surface area contributed by atoms with E-state index in [1.807, 2.05) is 4.90 Å². The van der Waals surface area contributed by atoms with Crippen LogP contribution in [0.15, 0.2) is 0 Å². The Labute approximate surface area is 82.3 Å². The summed E-state index contributed by atoms with van der Waals surface area (Å²) in [6.45, 7) is 9.56. The number of nitrogens with zero attached hydrogens (tertiary/aromatic N) is 1. The second-order valence-corrected chi connectivity index (χ2v) is 3.90. The van der Waals surface area contributed by atoms with Crippen LogP contribution in [-0.4, -0.2) is 23.9 Å². The average Bonchev–Trinajstić information content (AvgIpc) is 2.17. The largest absolute Gasteiger partial charge is 0.343 e. The summed E-state index contributed by atoms with van der Waals surface area (Å²) < 4.78 is 0. The number of carbonyl (C=O) groups is 1. The molecule has 0 N–H and O–H groups in total. The van der Waals surface area contributed by atoms with Gasteiger partial charge in [-0.1, -0.05) is 27.2 Å². The van der Waals surface area contributed by atoms with Crippen LogP contribution in [0.2, 0.25) is 0 Å². The van der Waals surface area contributed by atoms with Crippen molar-refractivity contribution in [3.8, 4) is 0 Å². The standard InChI is InChI=1S/C11H23NO/c1-5-10(3)7-8-12(9-13)11(4)6-2/h9-11H,5-8H2,1-4H3. The molecule has 0 rings (SSSR count). The van der Waals surface area contributed by atoms with Crippen molar-refractivity contribution < 1.29 is 4.79 Å². The van der Waals surface area contributed by atoms with Crippen molar-refractivity contribution in [1.29, 1.82) is 0 Å². The van der Waals surface area contributed by atoms with E-state index in [1.165, 1.54) is 6.42 Å². The third-order valence-corrected chi connectivity index (χ3v) is 2.87. The van der Waals surface area contributed by atoms with Crippen molar-refractivity contribution in [1.82, 2.24) is 4.90 Å². The van der Waals surface area contributed by atoms with E-state index in [2.05, 4.69) is 27.7 Å². The fourth-order valence-corrected chi connectivity index (χ4v) is 1.19. The molecule has 0 saturated heterocycles. The SMILES string of the molecule is CCC(C)CCN(C=O)C(C)CC. The predicted octanol–water partition coefficient (Wildman–Crippen LogP) is 2.68. The molecule has 2 nitrogen and oxygen atoms in total. The molecule has 0 saturated carbocycles. The lowest BCUT2D eigenvalue weighted by Gasteiger charge is -2.25. The average molecular weight is 185 g/mol. The lowest BCUT2D eigenvalue weighted by molar-refractivity contribution is -0.120. The van der Waals surface area contributed by atoms with E-state index in [4.69, 9.17) is 0 Å². The third-order valence-electron chi connectivity index (χ3n) is 2.87. The van der Waals surface area contributed by atoms with Gasteiger partial charge in [-0.2, -0.15) is 0 Å². The van der Waals surface area contributed by atoms with E-state index in [-0.39, 0.29) is 0 Å². The zero-order valence-corrected chi connectivity index (χ0v) is 9.42. The van der Waals surface area contributed by atoms with Gasteiger partial charge in [0.2, 0.25) is 6.41 Å². The number of rotatable bonds is 7. The summed E-state index contributed by atoms with van der Waals surface area (Å²) >= 11 is 0. The van der Waals surface area contributed by atoms with E-state index in [0.29, 0.717) is 6.04 Å². The molecule has 78 valence electrons. The molecule has 0 spiro atoms. The lowest BCUT2D eigenvalue weighted by Crippen LogP contribution is -2.32. The summed E-state index contributed by atoms with van der Waals surface area (Å²) in [5.41, 5.74) is 0. The van der Waals surface area contributed by atoms with Gasteiger partial charge in [0.15, 0.2) is 0 Å². The maximum absolute atomic E-state index is 10.7. The third kappa shape index (κ3) is 4.91. The molecular weight excluding hydrogens is 162 g/mol. The molecule has 0 aliphatic carbocycles. The molecule has 13 heavy (non-hydrogen) atoms. The predicted molar refractivity (Wildman–Crippen MR) is 56.6 cm³/mol. The van der Waals surface area contributed by atoms with Gasteiger partial charge >= 0.3 is 0 Å². The Bertz CT molecular complexity index is 136. The molecule has 2 atom stereocenters. The topological polar surface area (TPSA) is 20.3 Å². The van der Waals surface area contributed by atoms with Crippen molar-refractivity contribution in [2.24, 2.45) is 5.92 Å². The van der Waals surface area contributed by atoms with Crippen LogP contribution in [-0.2, 0) is 4.79 Å². The minimum atomic E-state index is 0.390. The first-order chi connectivity index (χ1) is 6.15. The molecule has 0 aliphatic rings. The Morgan fingerprint density at radius 2 is 1.85 bits per heavy atom. The molecule has 2 unspecified atom stereocenters. The Morgan fingerprint density at radius 1 is 1.23 bits per heavy atom. The molecule has 1 amide bonds. The molecule has 0 aromatic heterocycles. The molecule has 0 radical (unpaired) electrons. The van der Waals surface area contributed by atoms with Crippen LogP contribution in [0.3, 0.4) is 0 Å². The number of hydrogen-bond acceptors (Lipinski definition) is 1. The van der Waals surface area contributed by atoms with Gasteiger partial charge in [-0.3, -0.25) is 4.79 Å². The van der Waals surface area contributed by atoms with E-state index in [0.717, 1.165) is 31.7 Å². The molecular formula is C11H23NO. The Balaban J connectivity index is 3.78. The first kappa shape index (κ1) is 12.5. The van der Waals surface area contributed by atoms with Crippen molar-refractivity contribution >= 4 is 6.41 Å². The number of amides is 1. The highest BCUT2D eigenvalue weighted by molar-refractivity contribution is 5.47. The van der Waals surface area contributed by atoms with Crippen molar-refractivity contribution in [3.05, 3.63) is 0 Å². The van der Waals surface area contributed by atoms with Gasteiger partial charge < -0.3 is 4.90 Å². The number of hydrogen-bond donors (Lipinski definition) is 0. The van der Waals surface area contributed by atoms with Gasteiger partial charge in [-0.15, -0.1) is 0 Å². The summed E-state index contributed by atoms with van der Waals surface area (Å²) in [5.74, 6) is 0.728. The summed E-state index contributed by atoms with van der Waals surface area (Å²) in [6.07, 6.45) is 4.35. The van der Waals surface area contributed by atoms with E-state index in [9.17, 15) is 4.79 Å². The van der Waals surface area contributed by atoms with E-state index < -0.39 is 0 Å². The fraction of sp³-hybridized carbons (Fsp3) is 0.909. The molecule has 0 aliphatic heterocycles. The molecule has 0 aromatic rings. The number of carbonyl (C=O) groups excluding carboxylic acids is 1. The Hall–Kier alpha value is -0.530. The second-order valence-electron chi connectivity index (χ2n) is 3.90. The quantitative estimate of drug-likeness (QED) is 0.558. The summed E-state index contributed by atoms with van der Waals surface area (Å²) in [5, 5.41) is 0. The first-order valence-electron chi connectivity index (χ1n) is 5.36. The van der Waals surface area contributed by atoms with E-state index >= 15 is 0 Å². The van der Waals surface area contributed by atoms with Crippen LogP contribution in [0, 0.1) is 5.92 Å². The van der Waals surface area contributed by atoms with Gasteiger partial charge in [0, 0.05) is 12.6 Å². The van der Waals surface area contributed by atoms with Crippen LogP contribution in [0.4, 0.5) is 0 Å². The summed E-state index contributed by atoms with van der Waals surface area (Å²) in [6, 6.07) is 0.390. The first-order valence-corrected chi connectivity index (χ1v) is 5.36. The minimum absolute atomic E-state index is 0.390. The minimum Gasteiger partial charge on any atom is -0.343 e. The smallest absolute Gasteiger partial charge is 0.209 e. The van der Waals surface area contributed by atoms with Crippen LogP contribution < -0.4 is 0 Å². The van der Waals surface area contributed by atoms with Gasteiger partial charge in [0.25, 0.3) is 0 Å². The highest BCUT2D eigenvalue weighted by Gasteiger charge is 2.09. The second kappa shape index (κ2) is 6.93. The van der Waals surface area contributed by atoms with Crippen LogP contribution in [0.5, 0.6) is 0 Å². The summed E-state index contributed by atoms with van der Waals surface area (Å²) in [4.78, 5) is 12.6. The summed E-state index contributed by atoms with van der Waals surface area (Å²) in [7, 11) is 0. The zero-order valence-electron chi connectivity index (χ0n) is 9.42. The Kier molecular flexibility index (Phi) is 6.65. The monoisotopic (exact) mass is 185 g/mol. The van der Waals surface area contributed by atoms with Crippen LogP contribution in [0.1, 0.15) is 47.0 Å².